The number of nitrogen functional groups attached to an aromatic ring is 1. The van der Waals surface area contributed by atoms with Gasteiger partial charge in [0.15, 0.2) is 0 Å². The Bertz CT molecular complexity index is 297. The second-order valence-electron chi connectivity index (χ2n) is 2.50. The third kappa shape index (κ3) is 2.09. The normalized spacial score (nSPS) is 14.2. The molecule has 0 fully saturated rings. The Balaban J connectivity index is 3.02. The highest BCUT2D eigenvalue weighted by Crippen LogP contribution is 2.31. The van der Waals surface area contributed by atoms with Crippen molar-refractivity contribution < 1.29 is 13.2 Å². The van der Waals surface area contributed by atoms with Gasteiger partial charge in [0.05, 0.1) is 11.4 Å². The zero-order valence-corrected chi connectivity index (χ0v) is 6.55. The number of hydrogen-bond acceptors (Lipinski definition) is 3. The zero-order valence-electron chi connectivity index (χ0n) is 6.55. The van der Waals surface area contributed by atoms with Gasteiger partial charge in [-0.2, -0.15) is 13.2 Å². The third-order valence-corrected chi connectivity index (χ3v) is 1.52. The first kappa shape index (κ1) is 9.79. The first-order valence-electron chi connectivity index (χ1n) is 3.45. The predicted molar refractivity (Wildman–Crippen MR) is 41.6 cm³/mol. The van der Waals surface area contributed by atoms with Crippen LogP contribution < -0.4 is 11.5 Å². The molecule has 0 bridgehead atoms. The van der Waals surface area contributed by atoms with E-state index in [2.05, 4.69) is 4.98 Å². The van der Waals surface area contributed by atoms with Crippen molar-refractivity contribution in [1.82, 2.24) is 4.98 Å². The molecule has 1 aromatic rings. The predicted octanol–water partition coefficient (Wildman–Crippen LogP) is 1.23. The van der Waals surface area contributed by atoms with E-state index < -0.39 is 12.2 Å². The number of halogens is 3. The monoisotopic (exact) mass is 191 g/mol. The fourth-order valence-electron chi connectivity index (χ4n) is 0.845. The molecule has 3 nitrogen and oxygen atoms in total. The standard InChI is InChI=1S/C7H8F3N3/c8-7(9,10)6(12)5-4(11)2-1-3-13-5/h1-3,6H,11-12H2. The minimum absolute atomic E-state index is 0.0488. The number of nitrogens with two attached hydrogens (primary N) is 2. The van der Waals surface area contributed by atoms with Crippen molar-refractivity contribution in [3.63, 3.8) is 0 Å². The van der Waals surface area contributed by atoms with Gasteiger partial charge in [-0.3, -0.25) is 4.98 Å². The summed E-state index contributed by atoms with van der Waals surface area (Å²) in [7, 11) is 0. The van der Waals surface area contributed by atoms with Crippen LogP contribution in [-0.4, -0.2) is 11.2 Å². The molecule has 1 unspecified atom stereocenters. The van der Waals surface area contributed by atoms with Gasteiger partial charge in [-0.1, -0.05) is 0 Å². The lowest BCUT2D eigenvalue weighted by Gasteiger charge is -2.15. The molecule has 0 aromatic carbocycles. The average Bonchev–Trinajstić information content (AvgIpc) is 2.02. The van der Waals surface area contributed by atoms with Crippen LogP contribution in [0.15, 0.2) is 18.3 Å². The maximum atomic E-state index is 12.1. The van der Waals surface area contributed by atoms with Gasteiger partial charge in [-0.05, 0) is 12.1 Å². The van der Waals surface area contributed by atoms with E-state index in [1.807, 2.05) is 0 Å². The molecule has 1 rings (SSSR count). The van der Waals surface area contributed by atoms with E-state index in [9.17, 15) is 13.2 Å². The Morgan fingerprint density at radius 2 is 2.00 bits per heavy atom. The summed E-state index contributed by atoms with van der Waals surface area (Å²) in [6, 6.07) is 0.657. The number of rotatable bonds is 1. The molecule has 0 spiro atoms. The molecule has 0 aliphatic heterocycles. The van der Waals surface area contributed by atoms with Crippen LogP contribution in [-0.2, 0) is 0 Å². The van der Waals surface area contributed by atoms with Crippen molar-refractivity contribution in [1.29, 1.82) is 0 Å². The first-order valence-corrected chi connectivity index (χ1v) is 3.45. The summed E-state index contributed by atoms with van der Waals surface area (Å²) >= 11 is 0. The molecule has 1 heterocycles. The van der Waals surface area contributed by atoms with Crippen molar-refractivity contribution in [2.45, 2.75) is 12.2 Å². The lowest BCUT2D eigenvalue weighted by molar-refractivity contribution is -0.149. The summed E-state index contributed by atoms with van der Waals surface area (Å²) in [6.45, 7) is 0. The van der Waals surface area contributed by atoms with Gasteiger partial charge in [-0.25, -0.2) is 0 Å². The molecule has 0 saturated carbocycles. The molecule has 72 valence electrons. The highest BCUT2D eigenvalue weighted by atomic mass is 19.4. The molecule has 13 heavy (non-hydrogen) atoms. The molecule has 0 amide bonds. The Morgan fingerprint density at radius 1 is 1.38 bits per heavy atom. The SMILES string of the molecule is Nc1cccnc1C(N)C(F)(F)F. The minimum atomic E-state index is -4.51. The van der Waals surface area contributed by atoms with Crippen LogP contribution in [0, 0.1) is 0 Å². The lowest BCUT2D eigenvalue weighted by atomic mass is 10.1. The molecular weight excluding hydrogens is 183 g/mol. The molecule has 4 N–H and O–H groups in total. The highest BCUT2D eigenvalue weighted by Gasteiger charge is 2.39. The lowest BCUT2D eigenvalue weighted by Crippen LogP contribution is -2.30. The number of pyridine rings is 1. The van der Waals surface area contributed by atoms with E-state index in [0.717, 1.165) is 0 Å². The van der Waals surface area contributed by atoms with E-state index in [0.29, 0.717) is 0 Å². The number of alkyl halides is 3. The van der Waals surface area contributed by atoms with Crippen LogP contribution in [0.5, 0.6) is 0 Å². The number of anilines is 1. The van der Waals surface area contributed by atoms with Gasteiger partial charge in [-0.15, -0.1) is 0 Å². The van der Waals surface area contributed by atoms with Gasteiger partial charge in [0, 0.05) is 6.20 Å². The van der Waals surface area contributed by atoms with E-state index in [-0.39, 0.29) is 11.4 Å². The molecule has 0 radical (unpaired) electrons. The fraction of sp³-hybridized carbons (Fsp3) is 0.286. The molecule has 0 saturated heterocycles. The summed E-state index contributed by atoms with van der Waals surface area (Å²) in [6.07, 6.45) is -3.29. The zero-order chi connectivity index (χ0) is 10.1. The summed E-state index contributed by atoms with van der Waals surface area (Å²) in [5.41, 5.74) is 9.79. The number of hydrogen-bond donors (Lipinski definition) is 2. The minimum Gasteiger partial charge on any atom is -0.397 e. The van der Waals surface area contributed by atoms with Crippen LogP contribution in [0.1, 0.15) is 11.7 Å². The van der Waals surface area contributed by atoms with Gasteiger partial charge in [0.2, 0.25) is 0 Å². The first-order chi connectivity index (χ1) is 5.93. The van der Waals surface area contributed by atoms with Crippen LogP contribution in [0.25, 0.3) is 0 Å². The fourth-order valence-corrected chi connectivity index (χ4v) is 0.845. The molecule has 6 heteroatoms. The Labute approximate surface area is 72.6 Å². The van der Waals surface area contributed by atoms with E-state index in [1.54, 1.807) is 0 Å². The topological polar surface area (TPSA) is 64.9 Å². The van der Waals surface area contributed by atoms with Crippen LogP contribution in [0.2, 0.25) is 0 Å². The largest absolute Gasteiger partial charge is 0.409 e. The maximum Gasteiger partial charge on any atom is 0.409 e. The van der Waals surface area contributed by atoms with Crippen molar-refractivity contribution in [2.75, 3.05) is 5.73 Å². The van der Waals surface area contributed by atoms with Crippen LogP contribution >= 0.6 is 0 Å². The van der Waals surface area contributed by atoms with E-state index >= 15 is 0 Å². The van der Waals surface area contributed by atoms with Gasteiger partial charge in [0.1, 0.15) is 6.04 Å². The quantitative estimate of drug-likeness (QED) is 0.701. The molecule has 0 aliphatic rings. The van der Waals surface area contributed by atoms with Crippen molar-refractivity contribution >= 4 is 5.69 Å². The summed E-state index contributed by atoms with van der Waals surface area (Å²) in [5.74, 6) is 0. The van der Waals surface area contributed by atoms with Crippen molar-refractivity contribution in [3.8, 4) is 0 Å². The van der Waals surface area contributed by atoms with E-state index in [1.165, 1.54) is 18.3 Å². The summed E-state index contributed by atoms with van der Waals surface area (Å²) < 4.78 is 36.3. The second kappa shape index (κ2) is 3.21. The number of aromatic nitrogens is 1. The maximum absolute atomic E-state index is 12.1. The summed E-state index contributed by atoms with van der Waals surface area (Å²) in [4.78, 5) is 3.47. The van der Waals surface area contributed by atoms with Crippen molar-refractivity contribution in [2.24, 2.45) is 5.73 Å². The number of nitrogens with zero attached hydrogens (tertiary/aromatic N) is 1. The third-order valence-electron chi connectivity index (χ3n) is 1.52. The Kier molecular flexibility index (Phi) is 2.42. The van der Waals surface area contributed by atoms with Gasteiger partial charge >= 0.3 is 6.18 Å². The Hall–Kier alpha value is -1.30. The van der Waals surface area contributed by atoms with Gasteiger partial charge < -0.3 is 11.5 Å². The van der Waals surface area contributed by atoms with Gasteiger partial charge in [0.25, 0.3) is 0 Å². The van der Waals surface area contributed by atoms with Crippen LogP contribution in [0.3, 0.4) is 0 Å². The summed E-state index contributed by atoms with van der Waals surface area (Å²) in [5, 5.41) is 0. The second-order valence-corrected chi connectivity index (χ2v) is 2.50. The van der Waals surface area contributed by atoms with Crippen LogP contribution in [0.4, 0.5) is 18.9 Å². The molecule has 1 atom stereocenters. The molecule has 1 aromatic heterocycles. The van der Waals surface area contributed by atoms with Crippen molar-refractivity contribution in [3.05, 3.63) is 24.0 Å². The average molecular weight is 191 g/mol. The smallest absolute Gasteiger partial charge is 0.397 e. The molecular formula is C7H8F3N3. The molecule has 0 aliphatic carbocycles. The highest BCUT2D eigenvalue weighted by molar-refractivity contribution is 5.43. The Morgan fingerprint density at radius 3 is 2.46 bits per heavy atom. The van der Waals surface area contributed by atoms with E-state index in [4.69, 9.17) is 11.5 Å².